The first kappa shape index (κ1) is 23.0. The first-order chi connectivity index (χ1) is 15.0. The van der Waals surface area contributed by atoms with E-state index in [2.05, 4.69) is 15.4 Å². The van der Waals surface area contributed by atoms with Crippen molar-refractivity contribution in [1.29, 1.82) is 0 Å². The number of β-lactam (4-membered cyclic amide) rings is 1. The van der Waals surface area contributed by atoms with Gasteiger partial charge in [-0.1, -0.05) is 18.2 Å². The number of benzene rings is 1. The summed E-state index contributed by atoms with van der Waals surface area (Å²) in [5.74, 6) is -2.90. The van der Waals surface area contributed by atoms with Gasteiger partial charge in [0.2, 0.25) is 5.91 Å². The van der Waals surface area contributed by atoms with Crippen LogP contribution in [0.2, 0.25) is 0 Å². The van der Waals surface area contributed by atoms with Crippen LogP contribution in [0.15, 0.2) is 47.8 Å². The predicted molar refractivity (Wildman–Crippen MR) is 105 cm³/mol. The van der Waals surface area contributed by atoms with Crippen LogP contribution in [-0.2, 0) is 9.59 Å². The SMILES string of the molecule is CC(NC(=O)N1C(=O)[C@H](CC2=CCNC(N)=C2)C1C(=O)O)c1ccc(OC(F)(F)F)cc1. The lowest BCUT2D eigenvalue weighted by Gasteiger charge is -2.43. The number of urea groups is 1. The van der Waals surface area contributed by atoms with Crippen molar-refractivity contribution in [3.63, 3.8) is 0 Å². The van der Waals surface area contributed by atoms with Crippen LogP contribution < -0.4 is 21.1 Å². The van der Waals surface area contributed by atoms with Gasteiger partial charge in [-0.2, -0.15) is 0 Å². The molecule has 0 aliphatic carbocycles. The Kier molecular flexibility index (Phi) is 6.32. The number of halogens is 3. The molecule has 3 amide bonds. The number of amides is 3. The normalized spacial score (nSPS) is 21.5. The number of hydrogen-bond acceptors (Lipinski definition) is 6. The van der Waals surface area contributed by atoms with E-state index in [0.717, 1.165) is 12.1 Å². The largest absolute Gasteiger partial charge is 0.573 e. The van der Waals surface area contributed by atoms with E-state index >= 15 is 0 Å². The van der Waals surface area contributed by atoms with Gasteiger partial charge in [0, 0.05) is 6.54 Å². The maximum Gasteiger partial charge on any atom is 0.573 e. The van der Waals surface area contributed by atoms with Crippen LogP contribution in [-0.4, -0.2) is 46.9 Å². The van der Waals surface area contributed by atoms with Gasteiger partial charge in [-0.05, 0) is 42.7 Å². The van der Waals surface area contributed by atoms with E-state index in [4.69, 9.17) is 5.73 Å². The van der Waals surface area contributed by atoms with E-state index in [1.54, 1.807) is 19.1 Å². The minimum absolute atomic E-state index is 0.123. The van der Waals surface area contributed by atoms with Gasteiger partial charge in [-0.3, -0.25) is 4.79 Å². The zero-order valence-electron chi connectivity index (χ0n) is 16.8. The molecule has 9 nitrogen and oxygen atoms in total. The minimum Gasteiger partial charge on any atom is -0.480 e. The summed E-state index contributed by atoms with van der Waals surface area (Å²) in [6.45, 7) is 1.99. The second-order valence-corrected chi connectivity index (χ2v) is 7.35. The summed E-state index contributed by atoms with van der Waals surface area (Å²) in [5.41, 5.74) is 6.81. The third kappa shape index (κ3) is 5.13. The molecule has 2 unspecified atom stereocenters. The number of imide groups is 1. The molecule has 0 saturated carbocycles. The molecular formula is C20H21F3N4O5. The lowest BCUT2D eigenvalue weighted by molar-refractivity contribution is -0.274. The molecule has 1 saturated heterocycles. The number of rotatable bonds is 6. The highest BCUT2D eigenvalue weighted by atomic mass is 19.4. The summed E-state index contributed by atoms with van der Waals surface area (Å²) < 4.78 is 40.6. The molecule has 172 valence electrons. The van der Waals surface area contributed by atoms with Gasteiger partial charge in [-0.15, -0.1) is 13.2 Å². The molecule has 0 aromatic heterocycles. The summed E-state index contributed by atoms with van der Waals surface area (Å²) in [6.07, 6.45) is -1.32. The standard InChI is InChI=1S/C20H21F3N4O5/c1-10(12-2-4-13(5-3-12)32-20(21,22)23)26-19(31)27-16(18(29)30)14(17(27)28)8-11-6-7-25-15(24)9-11/h2-6,9-10,14,16,25H,7-8,24H2,1H3,(H,26,31)(H,29,30)/t10?,14-,16?/m1/s1. The molecule has 2 aliphatic heterocycles. The number of carboxylic acid groups (broad SMARTS) is 1. The molecule has 0 bridgehead atoms. The number of carbonyl (C=O) groups is 3. The number of dihydropyridines is 1. The van der Waals surface area contributed by atoms with Crippen LogP contribution in [0.5, 0.6) is 5.75 Å². The molecule has 32 heavy (non-hydrogen) atoms. The number of nitrogens with one attached hydrogen (secondary N) is 2. The maximum atomic E-state index is 12.6. The van der Waals surface area contributed by atoms with Crippen molar-refractivity contribution in [3.05, 3.63) is 53.4 Å². The molecule has 0 spiro atoms. The molecule has 12 heteroatoms. The molecule has 2 heterocycles. The monoisotopic (exact) mass is 454 g/mol. The number of nitrogens with zero attached hydrogens (tertiary/aromatic N) is 1. The van der Waals surface area contributed by atoms with Gasteiger partial charge < -0.3 is 26.2 Å². The minimum atomic E-state index is -4.83. The average Bonchev–Trinajstić information content (AvgIpc) is 2.68. The number of allylic oxidation sites excluding steroid dienone is 2. The topological polar surface area (TPSA) is 134 Å². The first-order valence-corrected chi connectivity index (χ1v) is 9.58. The lowest BCUT2D eigenvalue weighted by Crippen LogP contribution is -2.68. The van der Waals surface area contributed by atoms with Crippen molar-refractivity contribution in [2.75, 3.05) is 6.54 Å². The van der Waals surface area contributed by atoms with Crippen LogP contribution in [0.25, 0.3) is 0 Å². The van der Waals surface area contributed by atoms with Gasteiger partial charge >= 0.3 is 18.4 Å². The molecule has 3 rings (SSSR count). The number of hydrogen-bond donors (Lipinski definition) is 4. The van der Waals surface area contributed by atoms with Crippen molar-refractivity contribution in [2.45, 2.75) is 31.8 Å². The predicted octanol–water partition coefficient (Wildman–Crippen LogP) is 1.99. The molecule has 3 atom stereocenters. The van der Waals surface area contributed by atoms with Gasteiger partial charge in [0.25, 0.3) is 0 Å². The summed E-state index contributed by atoms with van der Waals surface area (Å²) in [7, 11) is 0. The fraction of sp³-hybridized carbons (Fsp3) is 0.350. The van der Waals surface area contributed by atoms with Gasteiger partial charge in [-0.25, -0.2) is 14.5 Å². The quantitative estimate of drug-likeness (QED) is 0.483. The Balaban J connectivity index is 1.64. The summed E-state index contributed by atoms with van der Waals surface area (Å²) in [6, 6.07) is 1.85. The number of carbonyl (C=O) groups excluding carboxylic acids is 2. The molecule has 1 aromatic rings. The van der Waals surface area contributed by atoms with E-state index in [1.807, 2.05) is 0 Å². The fourth-order valence-electron chi connectivity index (χ4n) is 3.56. The third-order valence-corrected chi connectivity index (χ3v) is 5.11. The third-order valence-electron chi connectivity index (χ3n) is 5.11. The second-order valence-electron chi connectivity index (χ2n) is 7.35. The molecule has 0 radical (unpaired) electrons. The van der Waals surface area contributed by atoms with E-state index in [0.29, 0.717) is 28.4 Å². The smallest absolute Gasteiger partial charge is 0.480 e. The Labute approximate surface area is 180 Å². The zero-order chi connectivity index (χ0) is 23.6. The Hall–Kier alpha value is -3.70. The number of alkyl halides is 3. The maximum absolute atomic E-state index is 12.6. The van der Waals surface area contributed by atoms with Crippen molar-refractivity contribution in [3.8, 4) is 5.75 Å². The molecule has 1 aromatic carbocycles. The number of carboxylic acids is 1. The van der Waals surface area contributed by atoms with E-state index < -0.39 is 48.0 Å². The van der Waals surface area contributed by atoms with Gasteiger partial charge in [0.15, 0.2) is 6.04 Å². The van der Waals surface area contributed by atoms with Crippen molar-refractivity contribution < 1.29 is 37.4 Å². The highest BCUT2D eigenvalue weighted by Gasteiger charge is 2.54. The van der Waals surface area contributed by atoms with Crippen LogP contribution in [0.4, 0.5) is 18.0 Å². The van der Waals surface area contributed by atoms with Gasteiger partial charge in [0.1, 0.15) is 5.75 Å². The van der Waals surface area contributed by atoms with Crippen LogP contribution >= 0.6 is 0 Å². The highest BCUT2D eigenvalue weighted by molar-refractivity contribution is 6.07. The van der Waals surface area contributed by atoms with Gasteiger partial charge in [0.05, 0.1) is 17.8 Å². The number of likely N-dealkylation sites (tertiary alicyclic amines) is 1. The summed E-state index contributed by atoms with van der Waals surface area (Å²) in [5, 5.41) is 14.9. The number of ether oxygens (including phenoxy) is 1. The van der Waals surface area contributed by atoms with Crippen molar-refractivity contribution in [1.82, 2.24) is 15.5 Å². The molecule has 1 fully saturated rings. The van der Waals surface area contributed by atoms with Crippen molar-refractivity contribution >= 4 is 17.9 Å². The highest BCUT2D eigenvalue weighted by Crippen LogP contribution is 2.34. The Bertz CT molecular complexity index is 974. The average molecular weight is 454 g/mol. The van der Waals surface area contributed by atoms with Crippen LogP contribution in [0, 0.1) is 5.92 Å². The van der Waals surface area contributed by atoms with E-state index in [9.17, 15) is 32.7 Å². The fourth-order valence-corrected chi connectivity index (χ4v) is 3.56. The summed E-state index contributed by atoms with van der Waals surface area (Å²) >= 11 is 0. The second kappa shape index (κ2) is 8.81. The van der Waals surface area contributed by atoms with Crippen LogP contribution in [0.1, 0.15) is 24.9 Å². The molecule has 5 N–H and O–H groups in total. The Morgan fingerprint density at radius 1 is 1.34 bits per heavy atom. The first-order valence-electron chi connectivity index (χ1n) is 9.58. The number of aliphatic carboxylic acids is 1. The lowest BCUT2D eigenvalue weighted by atomic mass is 9.82. The number of nitrogens with two attached hydrogens (primary N) is 1. The van der Waals surface area contributed by atoms with E-state index in [-0.39, 0.29) is 6.42 Å². The molecular weight excluding hydrogens is 433 g/mol. The van der Waals surface area contributed by atoms with Crippen LogP contribution in [0.3, 0.4) is 0 Å². The summed E-state index contributed by atoms with van der Waals surface area (Å²) in [4.78, 5) is 37.5. The Morgan fingerprint density at radius 2 is 2.00 bits per heavy atom. The van der Waals surface area contributed by atoms with Crippen molar-refractivity contribution in [2.24, 2.45) is 11.7 Å². The Morgan fingerprint density at radius 3 is 2.56 bits per heavy atom. The van der Waals surface area contributed by atoms with E-state index in [1.165, 1.54) is 12.1 Å². The zero-order valence-corrected chi connectivity index (χ0v) is 16.8. The molecule has 2 aliphatic rings.